The van der Waals surface area contributed by atoms with Crippen molar-refractivity contribution in [3.8, 4) is 5.75 Å². The van der Waals surface area contributed by atoms with Crippen LogP contribution >= 0.6 is 39.3 Å². The number of halogens is 2. The first-order chi connectivity index (χ1) is 16.4. The number of hydrogen-bond donors (Lipinski definition) is 2. The minimum atomic E-state index is -0.254. The second-order valence-corrected chi connectivity index (χ2v) is 9.68. The van der Waals surface area contributed by atoms with Gasteiger partial charge in [-0.2, -0.15) is 0 Å². The van der Waals surface area contributed by atoms with Crippen molar-refractivity contribution < 1.29 is 14.3 Å². The number of hydrogen-bond acceptors (Lipinski definition) is 5. The lowest BCUT2D eigenvalue weighted by Crippen LogP contribution is -2.20. The zero-order chi connectivity index (χ0) is 24.1. The van der Waals surface area contributed by atoms with Crippen molar-refractivity contribution in [2.45, 2.75) is 6.92 Å². The van der Waals surface area contributed by atoms with Crippen molar-refractivity contribution in [3.05, 3.63) is 92.3 Å². The number of nitrogens with one attached hydrogen (secondary N) is 2. The van der Waals surface area contributed by atoms with Crippen LogP contribution in [-0.2, 0) is 9.59 Å². The summed E-state index contributed by atoms with van der Waals surface area (Å²) in [7, 11) is 0. The number of amides is 2. The molecule has 0 atom stereocenters. The Balaban J connectivity index is 1.38. The molecular weight excluding hydrogens is 538 g/mol. The molecule has 1 aliphatic heterocycles. The van der Waals surface area contributed by atoms with Crippen molar-refractivity contribution in [2.24, 2.45) is 4.99 Å². The van der Waals surface area contributed by atoms with Gasteiger partial charge in [-0.3, -0.25) is 9.59 Å². The number of rotatable bonds is 6. The third kappa shape index (κ3) is 6.50. The molecule has 0 bridgehead atoms. The molecule has 0 aliphatic carbocycles. The molecular formula is C25H19BrClN3O3S. The number of thioether (sulfide) groups is 1. The molecule has 3 aromatic carbocycles. The second kappa shape index (κ2) is 10.9. The molecule has 172 valence electrons. The lowest BCUT2D eigenvalue weighted by Gasteiger charge is -2.10. The Morgan fingerprint density at radius 1 is 1.18 bits per heavy atom. The summed E-state index contributed by atoms with van der Waals surface area (Å²) >= 11 is 10.6. The molecule has 1 fully saturated rings. The van der Waals surface area contributed by atoms with Crippen LogP contribution in [0.2, 0.25) is 5.02 Å². The Bertz CT molecular complexity index is 1310. The summed E-state index contributed by atoms with van der Waals surface area (Å²) in [5.41, 5.74) is 3.28. The van der Waals surface area contributed by atoms with Crippen molar-refractivity contribution in [1.82, 2.24) is 5.32 Å². The Hall–Kier alpha value is -3.07. The standard InChI is InChI=1S/C25H19BrClN3O3S/c1-15-3-2-4-19(11-15)28-23(31)14-33-21-10-5-16(12-20(21)26)13-22-24(32)30-25(34-22)29-18-8-6-17(27)7-9-18/h2-13H,14H2,1H3,(H,28,31)(H,29,30,32)/b22-13-. The summed E-state index contributed by atoms with van der Waals surface area (Å²) in [6.07, 6.45) is 1.77. The van der Waals surface area contributed by atoms with Crippen LogP contribution in [0.25, 0.3) is 6.08 Å². The van der Waals surface area contributed by atoms with E-state index in [9.17, 15) is 9.59 Å². The quantitative estimate of drug-likeness (QED) is 0.348. The van der Waals surface area contributed by atoms with Crippen LogP contribution in [0.5, 0.6) is 5.75 Å². The van der Waals surface area contributed by atoms with E-state index in [0.717, 1.165) is 16.8 Å². The molecule has 0 unspecified atom stereocenters. The molecule has 0 spiro atoms. The topological polar surface area (TPSA) is 79.8 Å². The second-order valence-electron chi connectivity index (χ2n) is 7.35. The number of benzene rings is 3. The minimum Gasteiger partial charge on any atom is -0.483 e. The first-order valence-corrected chi connectivity index (χ1v) is 12.2. The fourth-order valence-electron chi connectivity index (χ4n) is 3.05. The van der Waals surface area contributed by atoms with Gasteiger partial charge in [-0.05, 0) is 100 Å². The zero-order valence-corrected chi connectivity index (χ0v) is 21.1. The van der Waals surface area contributed by atoms with Crippen molar-refractivity contribution in [3.63, 3.8) is 0 Å². The lowest BCUT2D eigenvalue weighted by molar-refractivity contribution is -0.118. The largest absolute Gasteiger partial charge is 0.483 e. The zero-order valence-electron chi connectivity index (χ0n) is 18.0. The third-order valence-corrected chi connectivity index (χ3v) is 6.40. The summed E-state index contributed by atoms with van der Waals surface area (Å²) in [6, 6.07) is 20.0. The number of ether oxygens (including phenoxy) is 1. The summed E-state index contributed by atoms with van der Waals surface area (Å²) < 4.78 is 6.32. The van der Waals surface area contributed by atoms with Crippen LogP contribution in [0.1, 0.15) is 11.1 Å². The average Bonchev–Trinajstić information content (AvgIpc) is 3.13. The van der Waals surface area contributed by atoms with Gasteiger partial charge >= 0.3 is 0 Å². The number of aryl methyl sites for hydroxylation is 1. The molecule has 3 aromatic rings. The van der Waals surface area contributed by atoms with Gasteiger partial charge in [-0.1, -0.05) is 29.8 Å². The van der Waals surface area contributed by atoms with E-state index >= 15 is 0 Å². The number of anilines is 1. The van der Waals surface area contributed by atoms with Gasteiger partial charge in [0.1, 0.15) is 5.75 Å². The van der Waals surface area contributed by atoms with E-state index in [0.29, 0.717) is 31.0 Å². The van der Waals surface area contributed by atoms with E-state index in [4.69, 9.17) is 16.3 Å². The number of carbonyl (C=O) groups is 2. The van der Waals surface area contributed by atoms with E-state index in [1.807, 2.05) is 43.3 Å². The van der Waals surface area contributed by atoms with E-state index in [2.05, 4.69) is 31.6 Å². The van der Waals surface area contributed by atoms with Gasteiger partial charge in [0.15, 0.2) is 11.8 Å². The summed E-state index contributed by atoms with van der Waals surface area (Å²) in [6.45, 7) is 1.83. The molecule has 4 rings (SSSR count). The minimum absolute atomic E-state index is 0.129. The van der Waals surface area contributed by atoms with Crippen molar-refractivity contribution in [2.75, 3.05) is 11.9 Å². The molecule has 34 heavy (non-hydrogen) atoms. The fourth-order valence-corrected chi connectivity index (χ4v) is 4.53. The van der Waals surface area contributed by atoms with Crippen LogP contribution < -0.4 is 15.4 Å². The molecule has 2 amide bonds. The van der Waals surface area contributed by atoms with Gasteiger partial charge in [0.25, 0.3) is 11.8 Å². The van der Waals surface area contributed by atoms with Gasteiger partial charge in [0.05, 0.1) is 15.1 Å². The van der Waals surface area contributed by atoms with Crippen molar-refractivity contribution in [1.29, 1.82) is 0 Å². The Labute approximate surface area is 214 Å². The van der Waals surface area contributed by atoms with Gasteiger partial charge in [-0.25, -0.2) is 4.99 Å². The highest BCUT2D eigenvalue weighted by Crippen LogP contribution is 2.31. The van der Waals surface area contributed by atoms with Crippen LogP contribution in [0.3, 0.4) is 0 Å². The number of carbonyl (C=O) groups excluding carboxylic acids is 2. The number of amidine groups is 1. The molecule has 1 saturated heterocycles. The number of nitrogens with zero attached hydrogens (tertiary/aromatic N) is 1. The molecule has 6 nitrogen and oxygen atoms in total. The normalized spacial score (nSPS) is 15.4. The molecule has 1 aliphatic rings. The summed E-state index contributed by atoms with van der Waals surface area (Å²) in [5.74, 6) is 0.0484. The Morgan fingerprint density at radius 2 is 1.97 bits per heavy atom. The third-order valence-electron chi connectivity index (χ3n) is 4.62. The van der Waals surface area contributed by atoms with E-state index in [-0.39, 0.29) is 18.4 Å². The maximum Gasteiger partial charge on any atom is 0.264 e. The van der Waals surface area contributed by atoms with Crippen LogP contribution in [0, 0.1) is 6.92 Å². The number of aliphatic imine (C=N–C) groups is 1. The SMILES string of the molecule is Cc1cccc(NC(=O)COc2ccc(/C=C3\SC(=Nc4ccc(Cl)cc4)NC3=O)cc2Br)c1. The highest BCUT2D eigenvalue weighted by atomic mass is 79.9. The maximum absolute atomic E-state index is 12.4. The first-order valence-electron chi connectivity index (χ1n) is 10.2. The smallest absolute Gasteiger partial charge is 0.264 e. The van der Waals surface area contributed by atoms with Gasteiger partial charge < -0.3 is 15.4 Å². The van der Waals surface area contributed by atoms with Gasteiger partial charge in [0, 0.05) is 10.7 Å². The van der Waals surface area contributed by atoms with E-state index < -0.39 is 0 Å². The Morgan fingerprint density at radius 3 is 2.71 bits per heavy atom. The fraction of sp³-hybridized carbons (Fsp3) is 0.0800. The van der Waals surface area contributed by atoms with Crippen LogP contribution in [0.4, 0.5) is 11.4 Å². The maximum atomic E-state index is 12.4. The Kier molecular flexibility index (Phi) is 7.72. The van der Waals surface area contributed by atoms with Gasteiger partial charge in [-0.15, -0.1) is 0 Å². The molecule has 1 heterocycles. The van der Waals surface area contributed by atoms with E-state index in [1.165, 1.54) is 11.8 Å². The highest BCUT2D eigenvalue weighted by Gasteiger charge is 2.24. The monoisotopic (exact) mass is 555 g/mol. The van der Waals surface area contributed by atoms with Crippen LogP contribution in [0.15, 0.2) is 81.1 Å². The van der Waals surface area contributed by atoms with Crippen molar-refractivity contribution >= 4 is 73.7 Å². The van der Waals surface area contributed by atoms with Crippen LogP contribution in [-0.4, -0.2) is 23.6 Å². The molecule has 9 heteroatoms. The highest BCUT2D eigenvalue weighted by molar-refractivity contribution is 9.10. The predicted molar refractivity (Wildman–Crippen MR) is 142 cm³/mol. The summed E-state index contributed by atoms with van der Waals surface area (Å²) in [5, 5.41) is 6.69. The average molecular weight is 557 g/mol. The molecule has 0 saturated carbocycles. The van der Waals surface area contributed by atoms with Gasteiger partial charge in [0.2, 0.25) is 0 Å². The molecule has 0 radical (unpaired) electrons. The molecule has 2 N–H and O–H groups in total. The first kappa shape index (κ1) is 24.1. The predicted octanol–water partition coefficient (Wildman–Crippen LogP) is 6.32. The summed E-state index contributed by atoms with van der Waals surface area (Å²) in [4.78, 5) is 29.5. The molecule has 0 aromatic heterocycles. The lowest BCUT2D eigenvalue weighted by atomic mass is 10.2. The van der Waals surface area contributed by atoms with E-state index in [1.54, 1.807) is 36.4 Å².